The fourth-order valence-corrected chi connectivity index (χ4v) is 7.25. The van der Waals surface area contributed by atoms with Crippen LogP contribution in [0.1, 0.15) is 122 Å². The standard InChI is InChI=1S/C34H42O3/c1-22-17-32(36)28(24-11-6-4-7-12-24)20-30(22)34(3,26-15-10-16-27(35)19-26)31-21-29(33(37)18-23(31)2)25-13-8-5-9-14-25/h10,15-21,24-25,35-37H,4-9,11-14H2,1-3H3. The average molecular weight is 499 g/mol. The van der Waals surface area contributed by atoms with Crippen LogP contribution in [-0.2, 0) is 5.41 Å². The molecule has 0 amide bonds. The first-order chi connectivity index (χ1) is 17.8. The largest absolute Gasteiger partial charge is 0.508 e. The molecule has 37 heavy (non-hydrogen) atoms. The molecular formula is C34H42O3. The summed E-state index contributed by atoms with van der Waals surface area (Å²) in [6.45, 7) is 6.41. The van der Waals surface area contributed by atoms with Crippen LogP contribution in [0.4, 0.5) is 0 Å². The van der Waals surface area contributed by atoms with E-state index in [0.29, 0.717) is 23.3 Å². The predicted octanol–water partition coefficient (Wildman–Crippen LogP) is 8.87. The molecular weight excluding hydrogens is 456 g/mol. The van der Waals surface area contributed by atoms with Crippen molar-refractivity contribution in [2.45, 2.75) is 102 Å². The molecule has 3 aromatic carbocycles. The summed E-state index contributed by atoms with van der Waals surface area (Å²) in [6, 6.07) is 16.0. The smallest absolute Gasteiger partial charge is 0.119 e. The number of phenols is 3. The maximum Gasteiger partial charge on any atom is 0.119 e. The molecule has 196 valence electrons. The summed E-state index contributed by atoms with van der Waals surface area (Å²) >= 11 is 0. The van der Waals surface area contributed by atoms with Crippen LogP contribution in [0.15, 0.2) is 48.5 Å². The average Bonchev–Trinajstić information content (AvgIpc) is 2.89. The number of aromatic hydroxyl groups is 3. The molecule has 3 aromatic rings. The second-order valence-corrected chi connectivity index (χ2v) is 11.8. The van der Waals surface area contributed by atoms with Crippen LogP contribution in [-0.4, -0.2) is 15.3 Å². The van der Waals surface area contributed by atoms with Crippen LogP contribution in [0.25, 0.3) is 0 Å². The molecule has 5 rings (SSSR count). The van der Waals surface area contributed by atoms with Crippen molar-refractivity contribution in [2.24, 2.45) is 0 Å². The molecule has 0 bridgehead atoms. The van der Waals surface area contributed by atoms with Crippen molar-refractivity contribution >= 4 is 0 Å². The van der Waals surface area contributed by atoms with E-state index in [1.165, 1.54) is 38.5 Å². The fourth-order valence-electron chi connectivity index (χ4n) is 7.25. The summed E-state index contributed by atoms with van der Waals surface area (Å²) < 4.78 is 0. The first-order valence-electron chi connectivity index (χ1n) is 14.3. The van der Waals surface area contributed by atoms with E-state index in [1.807, 2.05) is 24.3 Å². The topological polar surface area (TPSA) is 60.7 Å². The summed E-state index contributed by atoms with van der Waals surface area (Å²) in [5, 5.41) is 32.6. The van der Waals surface area contributed by atoms with Gasteiger partial charge < -0.3 is 15.3 Å². The zero-order valence-corrected chi connectivity index (χ0v) is 22.7. The van der Waals surface area contributed by atoms with Gasteiger partial charge in [0.1, 0.15) is 17.2 Å². The van der Waals surface area contributed by atoms with Gasteiger partial charge in [-0.25, -0.2) is 0 Å². The molecule has 0 spiro atoms. The van der Waals surface area contributed by atoms with E-state index in [2.05, 4.69) is 39.0 Å². The van der Waals surface area contributed by atoms with Gasteiger partial charge in [-0.1, -0.05) is 62.8 Å². The molecule has 0 aliphatic heterocycles. The Morgan fingerprint density at radius 3 is 1.51 bits per heavy atom. The highest BCUT2D eigenvalue weighted by Gasteiger charge is 2.37. The third-order valence-corrected chi connectivity index (χ3v) is 9.34. The highest BCUT2D eigenvalue weighted by Crippen LogP contribution is 2.48. The molecule has 0 radical (unpaired) electrons. The Morgan fingerprint density at radius 2 is 1.08 bits per heavy atom. The van der Waals surface area contributed by atoms with Crippen molar-refractivity contribution in [1.29, 1.82) is 0 Å². The summed E-state index contributed by atoms with van der Waals surface area (Å²) in [5.41, 5.74) is 6.93. The number of aryl methyl sites for hydroxylation is 2. The lowest BCUT2D eigenvalue weighted by Crippen LogP contribution is -2.28. The van der Waals surface area contributed by atoms with Gasteiger partial charge in [-0.3, -0.25) is 0 Å². The number of hydrogen-bond donors (Lipinski definition) is 3. The van der Waals surface area contributed by atoms with Gasteiger partial charge in [0.15, 0.2) is 0 Å². The Bertz CT molecular complexity index is 1190. The number of benzene rings is 3. The van der Waals surface area contributed by atoms with E-state index < -0.39 is 5.41 Å². The van der Waals surface area contributed by atoms with E-state index in [-0.39, 0.29) is 5.75 Å². The highest BCUT2D eigenvalue weighted by atomic mass is 16.3. The van der Waals surface area contributed by atoms with Crippen LogP contribution in [0, 0.1) is 13.8 Å². The molecule has 0 saturated heterocycles. The van der Waals surface area contributed by atoms with Gasteiger partial charge in [-0.2, -0.15) is 0 Å². The van der Waals surface area contributed by atoms with Gasteiger partial charge in [-0.15, -0.1) is 0 Å². The monoisotopic (exact) mass is 498 g/mol. The van der Waals surface area contributed by atoms with Crippen molar-refractivity contribution in [3.8, 4) is 17.2 Å². The number of rotatable bonds is 5. The quantitative estimate of drug-likeness (QED) is 0.308. The Labute approximate surface area is 222 Å². The second kappa shape index (κ2) is 10.4. The summed E-state index contributed by atoms with van der Waals surface area (Å²) in [4.78, 5) is 0. The van der Waals surface area contributed by atoms with E-state index in [0.717, 1.165) is 64.6 Å². The maximum atomic E-state index is 11.1. The zero-order valence-electron chi connectivity index (χ0n) is 22.7. The Hall–Kier alpha value is -2.94. The summed E-state index contributed by atoms with van der Waals surface area (Å²) in [6.07, 6.45) is 11.8. The maximum absolute atomic E-state index is 11.1. The van der Waals surface area contributed by atoms with Crippen molar-refractivity contribution in [3.63, 3.8) is 0 Å². The van der Waals surface area contributed by atoms with Gasteiger partial charge in [0, 0.05) is 5.41 Å². The molecule has 0 heterocycles. The molecule has 0 atom stereocenters. The minimum absolute atomic E-state index is 0.247. The predicted molar refractivity (Wildman–Crippen MR) is 151 cm³/mol. The molecule has 3 nitrogen and oxygen atoms in total. The number of phenolic OH excluding ortho intramolecular Hbond substituents is 3. The van der Waals surface area contributed by atoms with E-state index in [4.69, 9.17) is 0 Å². The molecule has 3 heteroatoms. The molecule has 0 aromatic heterocycles. The van der Waals surface area contributed by atoms with Crippen molar-refractivity contribution < 1.29 is 15.3 Å². The normalized spacial score (nSPS) is 17.7. The van der Waals surface area contributed by atoms with E-state index in [1.54, 1.807) is 6.07 Å². The van der Waals surface area contributed by atoms with Crippen molar-refractivity contribution in [2.75, 3.05) is 0 Å². The molecule has 3 N–H and O–H groups in total. The molecule has 2 saturated carbocycles. The first kappa shape index (κ1) is 25.7. The Balaban J connectivity index is 1.74. The SMILES string of the molecule is Cc1cc(O)c(C2CCCCC2)cc1C(C)(c1cccc(O)c1)c1cc(C2CCCCC2)c(O)cc1C. The molecule has 0 unspecified atom stereocenters. The van der Waals surface area contributed by atoms with Gasteiger partial charge in [0.25, 0.3) is 0 Å². The van der Waals surface area contributed by atoms with Gasteiger partial charge in [0.2, 0.25) is 0 Å². The first-order valence-corrected chi connectivity index (χ1v) is 14.3. The Morgan fingerprint density at radius 1 is 0.622 bits per heavy atom. The minimum atomic E-state index is -0.568. The van der Waals surface area contributed by atoms with Crippen LogP contribution < -0.4 is 0 Å². The molecule has 2 fully saturated rings. The van der Waals surface area contributed by atoms with E-state index in [9.17, 15) is 15.3 Å². The van der Waals surface area contributed by atoms with Crippen molar-refractivity contribution in [1.82, 2.24) is 0 Å². The summed E-state index contributed by atoms with van der Waals surface area (Å²) in [7, 11) is 0. The van der Waals surface area contributed by atoms with Crippen LogP contribution in [0.2, 0.25) is 0 Å². The lowest BCUT2D eigenvalue weighted by atomic mass is 9.66. The third kappa shape index (κ3) is 4.85. The minimum Gasteiger partial charge on any atom is -0.508 e. The third-order valence-electron chi connectivity index (χ3n) is 9.34. The van der Waals surface area contributed by atoms with Gasteiger partial charge in [0.05, 0.1) is 0 Å². The van der Waals surface area contributed by atoms with Gasteiger partial charge >= 0.3 is 0 Å². The van der Waals surface area contributed by atoms with Gasteiger partial charge in [-0.05, 0) is 121 Å². The lowest BCUT2D eigenvalue weighted by molar-refractivity contribution is 0.412. The zero-order chi connectivity index (χ0) is 26.2. The molecule has 2 aliphatic carbocycles. The van der Waals surface area contributed by atoms with Crippen LogP contribution in [0.3, 0.4) is 0 Å². The summed E-state index contributed by atoms with van der Waals surface area (Å²) in [5.74, 6) is 1.80. The number of hydrogen-bond acceptors (Lipinski definition) is 3. The fraction of sp³-hybridized carbons (Fsp3) is 0.471. The second-order valence-electron chi connectivity index (χ2n) is 11.8. The molecule has 2 aliphatic rings. The van der Waals surface area contributed by atoms with Crippen molar-refractivity contribution in [3.05, 3.63) is 87.5 Å². The lowest BCUT2D eigenvalue weighted by Gasteiger charge is -2.37. The van der Waals surface area contributed by atoms with E-state index >= 15 is 0 Å². The van der Waals surface area contributed by atoms with Crippen LogP contribution >= 0.6 is 0 Å². The Kier molecular flexibility index (Phi) is 7.25. The van der Waals surface area contributed by atoms with Crippen LogP contribution in [0.5, 0.6) is 17.2 Å². The highest BCUT2D eigenvalue weighted by molar-refractivity contribution is 5.60.